The number of aryl methyl sites for hydroxylation is 1. The molecule has 0 spiro atoms. The number of carbonyl (C=O) groups excluding carboxylic acids is 2. The first kappa shape index (κ1) is 30.2. The number of alkyl halides is 6. The Morgan fingerprint density at radius 2 is 1.63 bits per heavy atom. The van der Waals surface area contributed by atoms with Gasteiger partial charge in [-0.3, -0.25) is 9.59 Å². The van der Waals surface area contributed by atoms with Gasteiger partial charge in [-0.15, -0.1) is 0 Å². The first-order valence-electron chi connectivity index (χ1n) is 10.9. The van der Waals surface area contributed by atoms with Crippen molar-refractivity contribution in [2.24, 2.45) is 5.73 Å². The van der Waals surface area contributed by atoms with E-state index in [-0.39, 0.29) is 17.2 Å². The third kappa shape index (κ3) is 7.33. The summed E-state index contributed by atoms with van der Waals surface area (Å²) in [6.45, 7) is 5.90. The number of halogens is 6. The van der Waals surface area contributed by atoms with Crippen LogP contribution in [0.15, 0.2) is 16.5 Å². The molecule has 0 aromatic carbocycles. The summed E-state index contributed by atoms with van der Waals surface area (Å²) >= 11 is 0. The second kappa shape index (κ2) is 12.2. The third-order valence-electron chi connectivity index (χ3n) is 5.26. The largest absolute Gasteiger partial charge is 0.430 e. The van der Waals surface area contributed by atoms with E-state index in [1.54, 1.807) is 19.1 Å². The molecule has 3 heterocycles. The summed E-state index contributed by atoms with van der Waals surface area (Å²) in [6.07, 6.45) is 0.661. The number of nitrogens with one attached hydrogen (secondary N) is 1. The molecule has 0 saturated carbocycles. The lowest BCUT2D eigenvalue weighted by atomic mass is 10.0. The van der Waals surface area contributed by atoms with Crippen molar-refractivity contribution in [2.75, 3.05) is 25.5 Å². The van der Waals surface area contributed by atoms with Gasteiger partial charge >= 0.3 is 17.8 Å². The zero-order chi connectivity index (χ0) is 27.0. The third-order valence-corrected chi connectivity index (χ3v) is 5.26. The van der Waals surface area contributed by atoms with Crippen LogP contribution in [0.2, 0.25) is 0 Å². The predicted molar refractivity (Wildman–Crippen MR) is 119 cm³/mol. The van der Waals surface area contributed by atoms with Gasteiger partial charge in [0.2, 0.25) is 17.9 Å². The van der Waals surface area contributed by atoms with Gasteiger partial charge in [-0.25, -0.2) is 4.98 Å². The van der Waals surface area contributed by atoms with Crippen molar-refractivity contribution in [3.05, 3.63) is 23.6 Å². The van der Waals surface area contributed by atoms with Gasteiger partial charge < -0.3 is 20.4 Å². The SMILES string of the molecule is CCC(F)(F)C(F)(F)C(F)(F)CC.CN1CCCC1.Cc1ccc2c(NC=O)c(C(N)=O)oc2n1. The van der Waals surface area contributed by atoms with Crippen LogP contribution < -0.4 is 11.1 Å². The Labute approximate surface area is 199 Å². The molecule has 7 nitrogen and oxygen atoms in total. The van der Waals surface area contributed by atoms with Crippen molar-refractivity contribution in [2.45, 2.75) is 64.2 Å². The van der Waals surface area contributed by atoms with E-state index in [1.807, 2.05) is 0 Å². The highest BCUT2D eigenvalue weighted by Crippen LogP contribution is 2.48. The molecule has 3 rings (SSSR count). The molecular weight excluding hydrogens is 482 g/mol. The van der Waals surface area contributed by atoms with Gasteiger partial charge in [0.1, 0.15) is 5.69 Å². The molecule has 0 bridgehead atoms. The molecule has 13 heteroatoms. The number of furan rings is 1. The standard InChI is InChI=1S/C10H9N3O3.C7H10F6.C5H11N/c1-5-2-3-6-7(12-4-14)8(9(11)15)16-10(6)13-5;1-3-5(8,9)7(12,13)6(10,11)4-2;1-6-4-2-3-5-6/h2-4H,1H3,(H2,11,15)(H,12,14);3-4H2,1-2H3;2-5H2,1H3. The summed E-state index contributed by atoms with van der Waals surface area (Å²) in [4.78, 5) is 28.0. The second-order valence-electron chi connectivity index (χ2n) is 7.94. The lowest BCUT2D eigenvalue weighted by Gasteiger charge is -2.31. The number of aromatic nitrogens is 1. The maximum absolute atomic E-state index is 12.5. The van der Waals surface area contributed by atoms with Gasteiger partial charge in [-0.1, -0.05) is 13.8 Å². The minimum Gasteiger partial charge on any atom is -0.430 e. The Hall–Kier alpha value is -2.83. The highest BCUT2D eigenvalue weighted by atomic mass is 19.3. The summed E-state index contributed by atoms with van der Waals surface area (Å²) in [5.41, 5.74) is 6.41. The minimum absolute atomic E-state index is 0.0970. The first-order valence-corrected chi connectivity index (χ1v) is 10.9. The molecule has 0 radical (unpaired) electrons. The number of rotatable bonds is 7. The van der Waals surface area contributed by atoms with Crippen LogP contribution >= 0.6 is 0 Å². The molecule has 1 saturated heterocycles. The van der Waals surface area contributed by atoms with E-state index in [2.05, 4.69) is 22.2 Å². The number of likely N-dealkylation sites (tertiary alicyclic amines) is 1. The van der Waals surface area contributed by atoms with Gasteiger partial charge in [0.25, 0.3) is 5.91 Å². The van der Waals surface area contributed by atoms with E-state index in [0.717, 1.165) is 19.5 Å². The number of fused-ring (bicyclic) bond motifs is 1. The number of carbonyl (C=O) groups is 2. The van der Waals surface area contributed by atoms with E-state index in [0.29, 0.717) is 11.8 Å². The molecule has 0 aliphatic carbocycles. The summed E-state index contributed by atoms with van der Waals surface area (Å²) in [6, 6.07) is 3.46. The van der Waals surface area contributed by atoms with Crippen LogP contribution in [0.25, 0.3) is 11.1 Å². The number of pyridine rings is 1. The molecule has 198 valence electrons. The Morgan fingerprint density at radius 1 is 1.11 bits per heavy atom. The lowest BCUT2D eigenvalue weighted by Crippen LogP contribution is -2.53. The van der Waals surface area contributed by atoms with Crippen molar-refractivity contribution in [3.8, 4) is 0 Å². The number of primary amides is 1. The highest BCUT2D eigenvalue weighted by molar-refractivity contribution is 6.07. The summed E-state index contributed by atoms with van der Waals surface area (Å²) < 4.78 is 79.7. The van der Waals surface area contributed by atoms with Gasteiger partial charge in [0, 0.05) is 18.5 Å². The summed E-state index contributed by atoms with van der Waals surface area (Å²) in [5, 5.41) is 2.93. The van der Waals surface area contributed by atoms with Crippen LogP contribution in [0.1, 0.15) is 55.8 Å². The summed E-state index contributed by atoms with van der Waals surface area (Å²) in [5.74, 6) is -15.4. The zero-order valence-corrected chi connectivity index (χ0v) is 19.9. The number of anilines is 1. The van der Waals surface area contributed by atoms with Crippen LogP contribution in [0.4, 0.5) is 32.0 Å². The van der Waals surface area contributed by atoms with Crippen LogP contribution in [0, 0.1) is 6.92 Å². The minimum atomic E-state index is -5.27. The smallest absolute Gasteiger partial charge is 0.371 e. The van der Waals surface area contributed by atoms with Crippen LogP contribution in [-0.4, -0.2) is 60.1 Å². The molecular formula is C22H30F6N4O3. The average molecular weight is 512 g/mol. The quantitative estimate of drug-likeness (QED) is 0.391. The zero-order valence-electron chi connectivity index (χ0n) is 19.9. The van der Waals surface area contributed by atoms with Gasteiger partial charge in [-0.2, -0.15) is 26.3 Å². The van der Waals surface area contributed by atoms with Gasteiger partial charge in [-0.05, 0) is 52.0 Å². The molecule has 2 aromatic heterocycles. The maximum Gasteiger partial charge on any atom is 0.371 e. The number of hydrogen-bond acceptors (Lipinski definition) is 5. The van der Waals surface area contributed by atoms with Gasteiger partial charge in [0.05, 0.1) is 5.39 Å². The van der Waals surface area contributed by atoms with Crippen molar-refractivity contribution in [3.63, 3.8) is 0 Å². The first-order chi connectivity index (χ1) is 16.1. The van der Waals surface area contributed by atoms with E-state index in [4.69, 9.17) is 10.2 Å². The molecule has 2 amide bonds. The molecule has 3 N–H and O–H groups in total. The predicted octanol–water partition coefficient (Wildman–Crippen LogP) is 5.23. The van der Waals surface area contributed by atoms with Crippen LogP contribution in [-0.2, 0) is 4.79 Å². The molecule has 2 aromatic rings. The van der Waals surface area contributed by atoms with Crippen LogP contribution in [0.3, 0.4) is 0 Å². The van der Waals surface area contributed by atoms with Gasteiger partial charge in [0.15, 0.2) is 0 Å². The maximum atomic E-state index is 12.5. The van der Waals surface area contributed by atoms with E-state index < -0.39 is 36.5 Å². The number of hydrogen-bond donors (Lipinski definition) is 2. The van der Waals surface area contributed by atoms with Crippen LogP contribution in [0.5, 0.6) is 0 Å². The number of amides is 2. The van der Waals surface area contributed by atoms with E-state index in [1.165, 1.54) is 25.9 Å². The molecule has 1 fully saturated rings. The normalized spacial score (nSPS) is 14.6. The Bertz CT molecular complexity index is 973. The summed E-state index contributed by atoms with van der Waals surface area (Å²) in [7, 11) is 2.17. The topological polar surface area (TPSA) is 101 Å². The Balaban J connectivity index is 0.000000288. The Kier molecular flexibility index (Phi) is 10.6. The average Bonchev–Trinajstić information content (AvgIpc) is 3.41. The van der Waals surface area contributed by atoms with Crippen molar-refractivity contribution in [1.82, 2.24) is 9.88 Å². The fraction of sp³-hybridized carbons (Fsp3) is 0.591. The monoisotopic (exact) mass is 512 g/mol. The van der Waals surface area contributed by atoms with Crippen molar-refractivity contribution in [1.29, 1.82) is 0 Å². The fourth-order valence-corrected chi connectivity index (χ4v) is 3.03. The molecule has 1 aliphatic rings. The molecule has 0 atom stereocenters. The van der Waals surface area contributed by atoms with E-state index in [9.17, 15) is 35.9 Å². The molecule has 0 unspecified atom stereocenters. The Morgan fingerprint density at radius 3 is 2.00 bits per heavy atom. The number of nitrogens with two attached hydrogens (primary N) is 1. The van der Waals surface area contributed by atoms with E-state index >= 15 is 0 Å². The molecule has 1 aliphatic heterocycles. The second-order valence-corrected chi connectivity index (χ2v) is 7.94. The fourth-order valence-electron chi connectivity index (χ4n) is 3.03. The highest BCUT2D eigenvalue weighted by Gasteiger charge is 2.69. The van der Waals surface area contributed by atoms with Crippen molar-refractivity contribution >= 4 is 29.1 Å². The lowest BCUT2D eigenvalue weighted by molar-refractivity contribution is -0.309. The molecule has 35 heavy (non-hydrogen) atoms. The van der Waals surface area contributed by atoms with Crippen molar-refractivity contribution < 1.29 is 40.3 Å². The number of nitrogens with zero attached hydrogens (tertiary/aromatic N) is 2.